The zero-order valence-corrected chi connectivity index (χ0v) is 23.1. The van der Waals surface area contributed by atoms with Gasteiger partial charge in [-0.05, 0) is 55.9 Å². The van der Waals surface area contributed by atoms with Gasteiger partial charge in [0.25, 0.3) is 5.91 Å². The van der Waals surface area contributed by atoms with Gasteiger partial charge in [-0.15, -0.1) is 17.4 Å². The van der Waals surface area contributed by atoms with Gasteiger partial charge in [-0.1, -0.05) is 45.5 Å². The number of allylic oxidation sites excluding steroid dienone is 2. The number of sulfonamides is 1. The smallest absolute Gasteiger partial charge is 0.255 e. The number of carbonyl (C=O) groups is 1. The highest BCUT2D eigenvalue weighted by Crippen LogP contribution is 2.70. The van der Waals surface area contributed by atoms with Crippen molar-refractivity contribution in [3.8, 4) is 23.3 Å². The first kappa shape index (κ1) is 27.0. The Morgan fingerprint density at radius 3 is 2.62 bits per heavy atom. The lowest BCUT2D eigenvalue weighted by atomic mass is 9.69. The molecule has 2 saturated carbocycles. The first-order chi connectivity index (χ1) is 15.9. The van der Waals surface area contributed by atoms with E-state index >= 15 is 0 Å². The molecule has 188 valence electrons. The number of hydrogen-bond donors (Lipinski definition) is 2. The van der Waals surface area contributed by atoms with Gasteiger partial charge in [0.1, 0.15) is 14.1 Å². The molecule has 0 radical (unpaired) electrons. The second-order valence-corrected chi connectivity index (χ2v) is 18.2. The van der Waals surface area contributed by atoms with Crippen molar-refractivity contribution in [2.45, 2.75) is 96.9 Å². The maximum Gasteiger partial charge on any atom is 0.255 e. The zero-order valence-electron chi connectivity index (χ0n) is 21.3. The summed E-state index contributed by atoms with van der Waals surface area (Å²) in [5.74, 6) is 9.29. The average molecular weight is 505 g/mol. The summed E-state index contributed by atoms with van der Waals surface area (Å²) in [5.41, 5.74) is 4.92. The van der Waals surface area contributed by atoms with Crippen LogP contribution in [0.25, 0.3) is 0 Å². The number of nitrogens with zero attached hydrogens (tertiary/aromatic N) is 1. The van der Waals surface area contributed by atoms with Crippen LogP contribution in [0.1, 0.15) is 65.2 Å². The Morgan fingerprint density at radius 2 is 1.97 bits per heavy atom. The van der Waals surface area contributed by atoms with Crippen LogP contribution in [0.15, 0.2) is 12.2 Å². The molecule has 1 heterocycles. The molecule has 0 unspecified atom stereocenters. The van der Waals surface area contributed by atoms with Crippen molar-refractivity contribution >= 4 is 24.0 Å². The Morgan fingerprint density at radius 1 is 1.26 bits per heavy atom. The van der Waals surface area contributed by atoms with Crippen molar-refractivity contribution in [1.82, 2.24) is 9.79 Å². The molecular formula is C26H40N2O4SSi. The summed E-state index contributed by atoms with van der Waals surface area (Å²) in [6, 6.07) is -1.21. The van der Waals surface area contributed by atoms with Gasteiger partial charge in [-0.2, -0.15) is 5.48 Å². The average Bonchev–Trinajstić information content (AvgIpc) is 3.21. The molecule has 0 aromatic rings. The maximum atomic E-state index is 13.2. The van der Waals surface area contributed by atoms with Gasteiger partial charge in [0, 0.05) is 18.3 Å². The van der Waals surface area contributed by atoms with E-state index < -0.39 is 30.0 Å². The van der Waals surface area contributed by atoms with E-state index in [0.717, 1.165) is 36.4 Å². The topological polar surface area (TPSA) is 86.7 Å². The van der Waals surface area contributed by atoms with Gasteiger partial charge in [-0.25, -0.2) is 12.7 Å². The number of carbonyl (C=O) groups excluding carboxylic acids is 1. The molecule has 1 amide bonds. The number of fused-ring (bicyclic) bond motifs is 1. The predicted octanol–water partition coefficient (Wildman–Crippen LogP) is 4.09. The van der Waals surface area contributed by atoms with Gasteiger partial charge in [0.2, 0.25) is 10.0 Å². The van der Waals surface area contributed by atoms with Crippen LogP contribution in [-0.4, -0.2) is 49.7 Å². The molecule has 0 aromatic heterocycles. The fraction of sp³-hybridized carbons (Fsp3) is 0.731. The Kier molecular flexibility index (Phi) is 8.09. The predicted molar refractivity (Wildman–Crippen MR) is 138 cm³/mol. The molecule has 4 atom stereocenters. The Labute approximate surface area is 207 Å². The normalized spacial score (nSPS) is 29.3. The summed E-state index contributed by atoms with van der Waals surface area (Å²) in [5, 5.41) is 9.65. The zero-order chi connectivity index (χ0) is 25.2. The summed E-state index contributed by atoms with van der Waals surface area (Å²) >= 11 is 0. The van der Waals surface area contributed by atoms with E-state index in [0.29, 0.717) is 25.2 Å². The van der Waals surface area contributed by atoms with E-state index in [1.807, 2.05) is 12.2 Å². The lowest BCUT2D eigenvalue weighted by Gasteiger charge is -2.37. The van der Waals surface area contributed by atoms with Crippen molar-refractivity contribution in [1.29, 1.82) is 0 Å². The minimum atomic E-state index is -3.69. The number of hydrogen-bond acceptors (Lipinski definition) is 5. The van der Waals surface area contributed by atoms with Crippen LogP contribution in [0.5, 0.6) is 0 Å². The lowest BCUT2D eigenvalue weighted by Crippen LogP contribution is -2.51. The molecule has 1 aliphatic heterocycles. The van der Waals surface area contributed by atoms with Crippen LogP contribution < -0.4 is 5.48 Å². The van der Waals surface area contributed by atoms with Gasteiger partial charge in [0.15, 0.2) is 0 Å². The van der Waals surface area contributed by atoms with E-state index in [4.69, 9.17) is 0 Å². The molecule has 3 aliphatic rings. The van der Waals surface area contributed by atoms with E-state index in [2.05, 4.69) is 62.3 Å². The molecule has 1 spiro atoms. The van der Waals surface area contributed by atoms with Crippen LogP contribution in [0.4, 0.5) is 0 Å². The number of unbranched alkanes of at least 4 members (excludes halogenated alkanes) is 2. The third-order valence-electron chi connectivity index (χ3n) is 8.09. The molecule has 6 nitrogen and oxygen atoms in total. The Balaban J connectivity index is 1.49. The monoisotopic (exact) mass is 504 g/mol. The third kappa shape index (κ3) is 5.31. The van der Waals surface area contributed by atoms with Crippen molar-refractivity contribution in [3.63, 3.8) is 0 Å². The second kappa shape index (κ2) is 10.2. The van der Waals surface area contributed by atoms with Gasteiger partial charge >= 0.3 is 0 Å². The number of hydroxylamine groups is 1. The third-order valence-corrected chi connectivity index (χ3v) is 10.9. The van der Waals surface area contributed by atoms with E-state index in [1.165, 1.54) is 0 Å². The highest BCUT2D eigenvalue weighted by molar-refractivity contribution is 7.90. The van der Waals surface area contributed by atoms with E-state index in [-0.39, 0.29) is 22.6 Å². The highest BCUT2D eigenvalue weighted by Gasteiger charge is 2.72. The SMILES string of the molecule is CC1(C)[C@@H]2CC[C@]13CS(=O)(=O)N(C(=O)[C@H](CCCC#CCC/C=C\C#C[Si](C)(C)C)NO)[C@@H]3C2. The highest BCUT2D eigenvalue weighted by atomic mass is 32.2. The molecule has 34 heavy (non-hydrogen) atoms. The fourth-order valence-corrected chi connectivity index (χ4v) is 9.20. The number of nitrogens with one attached hydrogen (secondary N) is 1. The molecular weight excluding hydrogens is 464 g/mol. The van der Waals surface area contributed by atoms with Gasteiger partial charge in [0.05, 0.1) is 11.8 Å². The molecule has 2 aliphatic carbocycles. The lowest BCUT2D eigenvalue weighted by molar-refractivity contribution is -0.134. The summed E-state index contributed by atoms with van der Waals surface area (Å²) in [6.07, 6.45) is 9.69. The van der Waals surface area contributed by atoms with Crippen molar-refractivity contribution in [3.05, 3.63) is 12.2 Å². The Hall–Kier alpha value is -1.58. The van der Waals surface area contributed by atoms with Crippen molar-refractivity contribution in [2.75, 3.05) is 5.75 Å². The van der Waals surface area contributed by atoms with Crippen LogP contribution in [0.3, 0.4) is 0 Å². The number of amides is 1. The van der Waals surface area contributed by atoms with Crippen LogP contribution in [0.2, 0.25) is 19.6 Å². The van der Waals surface area contributed by atoms with E-state index in [1.54, 1.807) is 0 Å². The standard InChI is InChI=1S/C26H40N2O4SSi/c1-25(2)21-16-17-26(25)20-33(31,32)28(23(26)19-21)24(29)22(27-30)15-13-11-9-7-6-8-10-12-14-18-34(3,4)5/h10,12,21-23,27,30H,6,8,11,13,15-17,19-20H2,1-5H3/b12-10-/t21-,22+,23-,26-/m1/s1. The van der Waals surface area contributed by atoms with Gasteiger partial charge < -0.3 is 5.21 Å². The molecule has 2 N–H and O–H groups in total. The molecule has 1 saturated heterocycles. The van der Waals surface area contributed by atoms with Crippen molar-refractivity contribution < 1.29 is 18.4 Å². The summed E-state index contributed by atoms with van der Waals surface area (Å²) in [4.78, 5) is 13.2. The summed E-state index contributed by atoms with van der Waals surface area (Å²) in [6.45, 7) is 11.0. The minimum Gasteiger partial charge on any atom is -0.316 e. The quantitative estimate of drug-likeness (QED) is 0.236. The fourth-order valence-electron chi connectivity index (χ4n) is 6.10. The summed E-state index contributed by atoms with van der Waals surface area (Å²) < 4.78 is 27.3. The van der Waals surface area contributed by atoms with Crippen LogP contribution in [-0.2, 0) is 14.8 Å². The minimum absolute atomic E-state index is 0.0434. The second-order valence-electron chi connectivity index (χ2n) is 11.6. The van der Waals surface area contributed by atoms with Crippen LogP contribution in [0, 0.1) is 40.1 Å². The molecule has 2 bridgehead atoms. The van der Waals surface area contributed by atoms with E-state index in [9.17, 15) is 18.4 Å². The van der Waals surface area contributed by atoms with Gasteiger partial charge in [-0.3, -0.25) is 4.79 Å². The first-order valence-electron chi connectivity index (χ1n) is 12.4. The maximum absolute atomic E-state index is 13.2. The first-order valence-corrected chi connectivity index (χ1v) is 17.6. The summed E-state index contributed by atoms with van der Waals surface area (Å²) in [7, 11) is -5.01. The van der Waals surface area contributed by atoms with Crippen molar-refractivity contribution in [2.24, 2.45) is 16.7 Å². The Bertz CT molecular complexity index is 1040. The molecule has 3 rings (SSSR count). The largest absolute Gasteiger partial charge is 0.316 e. The molecule has 0 aromatic carbocycles. The number of rotatable bonds is 7. The van der Waals surface area contributed by atoms with Crippen LogP contribution >= 0.6 is 0 Å². The molecule has 3 fully saturated rings. The molecule has 8 heteroatoms.